The highest BCUT2D eigenvalue weighted by Crippen LogP contribution is 2.32. The average molecular weight is 290 g/mol. The van der Waals surface area contributed by atoms with Crippen molar-refractivity contribution in [2.45, 2.75) is 38.3 Å². The third-order valence-corrected chi connectivity index (χ3v) is 4.22. The molecule has 1 aliphatic carbocycles. The molecular formula is C16H19FN2O2. The largest absolute Gasteiger partial charge is 0.349 e. The van der Waals surface area contributed by atoms with Crippen molar-refractivity contribution in [1.29, 1.82) is 0 Å². The van der Waals surface area contributed by atoms with E-state index in [4.69, 9.17) is 0 Å². The Morgan fingerprint density at radius 3 is 2.86 bits per heavy atom. The highest BCUT2D eigenvalue weighted by atomic mass is 19.1. The number of carbonyl (C=O) groups is 2. The predicted octanol–water partition coefficient (Wildman–Crippen LogP) is 2.01. The zero-order valence-electron chi connectivity index (χ0n) is 12.0. The molecule has 1 saturated carbocycles. The Bertz CT molecular complexity index is 571. The Kier molecular flexibility index (Phi) is 3.66. The van der Waals surface area contributed by atoms with Gasteiger partial charge in [-0.15, -0.1) is 0 Å². The number of nitrogens with one attached hydrogen (secondary N) is 1. The molecule has 0 radical (unpaired) electrons. The molecule has 1 saturated heterocycles. The van der Waals surface area contributed by atoms with Crippen molar-refractivity contribution >= 4 is 11.8 Å². The van der Waals surface area contributed by atoms with E-state index in [0.29, 0.717) is 12.6 Å². The van der Waals surface area contributed by atoms with Gasteiger partial charge in [0.15, 0.2) is 0 Å². The first-order chi connectivity index (χ1) is 10.0. The summed E-state index contributed by atoms with van der Waals surface area (Å²) in [5.41, 5.74) is 0.728. The van der Waals surface area contributed by atoms with Gasteiger partial charge in [0.25, 0.3) is 0 Å². The third kappa shape index (κ3) is 3.06. The molecule has 1 heterocycles. The predicted molar refractivity (Wildman–Crippen MR) is 75.8 cm³/mol. The molecule has 1 N–H and O–H groups in total. The zero-order chi connectivity index (χ0) is 15.0. The van der Waals surface area contributed by atoms with Crippen LogP contribution >= 0.6 is 0 Å². The van der Waals surface area contributed by atoms with Gasteiger partial charge in [0.1, 0.15) is 5.82 Å². The van der Waals surface area contributed by atoms with E-state index in [1.807, 2.05) is 11.8 Å². The van der Waals surface area contributed by atoms with E-state index >= 15 is 0 Å². The molecule has 4 nitrogen and oxygen atoms in total. The fourth-order valence-electron chi connectivity index (χ4n) is 2.84. The van der Waals surface area contributed by atoms with Crippen LogP contribution in [0, 0.1) is 11.7 Å². The van der Waals surface area contributed by atoms with Gasteiger partial charge in [-0.25, -0.2) is 4.39 Å². The number of rotatable bonds is 4. The van der Waals surface area contributed by atoms with Gasteiger partial charge in [0.05, 0.1) is 12.0 Å². The van der Waals surface area contributed by atoms with Gasteiger partial charge in [-0.2, -0.15) is 0 Å². The smallest absolute Gasteiger partial charge is 0.225 e. The van der Waals surface area contributed by atoms with Crippen molar-refractivity contribution in [2.24, 2.45) is 5.92 Å². The molecule has 1 aliphatic heterocycles. The van der Waals surface area contributed by atoms with Crippen LogP contribution in [-0.2, 0) is 9.59 Å². The number of carbonyl (C=O) groups excluding carboxylic acids is 2. The van der Waals surface area contributed by atoms with Crippen LogP contribution in [0.4, 0.5) is 4.39 Å². The number of nitrogens with zero attached hydrogens (tertiary/aromatic N) is 1. The lowest BCUT2D eigenvalue weighted by atomic mass is 10.0. The molecule has 2 aliphatic rings. The molecule has 2 amide bonds. The quantitative estimate of drug-likeness (QED) is 0.922. The summed E-state index contributed by atoms with van der Waals surface area (Å²) >= 11 is 0. The van der Waals surface area contributed by atoms with Gasteiger partial charge in [-0.3, -0.25) is 9.59 Å². The van der Waals surface area contributed by atoms with Gasteiger partial charge in [0, 0.05) is 19.0 Å². The standard InChI is InChI=1S/C16H19FN2O2/c1-10(11-3-2-4-13(17)7-11)18-16(21)12-8-15(20)19(9-12)14-5-6-14/h2-4,7,10,12,14H,5-6,8-9H2,1H3,(H,18,21)/t10-,12-/m1/s1. The fourth-order valence-corrected chi connectivity index (χ4v) is 2.84. The molecule has 0 bridgehead atoms. The minimum absolute atomic E-state index is 0.0797. The lowest BCUT2D eigenvalue weighted by molar-refractivity contribution is -0.129. The minimum Gasteiger partial charge on any atom is -0.349 e. The normalized spacial score (nSPS) is 23.2. The topological polar surface area (TPSA) is 49.4 Å². The van der Waals surface area contributed by atoms with E-state index in [9.17, 15) is 14.0 Å². The summed E-state index contributed by atoms with van der Waals surface area (Å²) in [7, 11) is 0. The van der Waals surface area contributed by atoms with Gasteiger partial charge in [-0.05, 0) is 37.5 Å². The number of amides is 2. The van der Waals surface area contributed by atoms with E-state index in [-0.39, 0.29) is 36.0 Å². The van der Waals surface area contributed by atoms with Crippen LogP contribution in [-0.4, -0.2) is 29.3 Å². The van der Waals surface area contributed by atoms with Gasteiger partial charge in [-0.1, -0.05) is 12.1 Å². The SMILES string of the molecule is C[C@@H](NC(=O)[C@@H]1CC(=O)N(C2CC2)C1)c1cccc(F)c1. The van der Waals surface area contributed by atoms with Gasteiger partial charge < -0.3 is 10.2 Å². The van der Waals surface area contributed by atoms with Crippen molar-refractivity contribution in [3.63, 3.8) is 0 Å². The lowest BCUT2D eigenvalue weighted by Gasteiger charge is -2.18. The summed E-state index contributed by atoms with van der Waals surface area (Å²) in [5, 5.41) is 2.88. The lowest BCUT2D eigenvalue weighted by Crippen LogP contribution is -2.35. The Labute approximate surface area is 123 Å². The molecule has 0 spiro atoms. The van der Waals surface area contributed by atoms with Gasteiger partial charge >= 0.3 is 0 Å². The van der Waals surface area contributed by atoms with E-state index in [1.165, 1.54) is 12.1 Å². The first-order valence-electron chi connectivity index (χ1n) is 7.40. The Hall–Kier alpha value is -1.91. The summed E-state index contributed by atoms with van der Waals surface area (Å²) in [4.78, 5) is 26.0. The molecule has 2 fully saturated rings. The second-order valence-corrected chi connectivity index (χ2v) is 5.96. The van der Waals surface area contributed by atoms with Crippen molar-refractivity contribution in [3.8, 4) is 0 Å². The second-order valence-electron chi connectivity index (χ2n) is 5.96. The van der Waals surface area contributed by atoms with Crippen LogP contribution < -0.4 is 5.32 Å². The Morgan fingerprint density at radius 2 is 2.19 bits per heavy atom. The summed E-state index contributed by atoms with van der Waals surface area (Å²) in [6.45, 7) is 2.34. The molecule has 5 heteroatoms. The molecular weight excluding hydrogens is 271 g/mol. The average Bonchev–Trinajstić information content (AvgIpc) is 3.21. The van der Waals surface area contributed by atoms with Crippen molar-refractivity contribution in [1.82, 2.24) is 10.2 Å². The fraction of sp³-hybridized carbons (Fsp3) is 0.500. The summed E-state index contributed by atoms with van der Waals surface area (Å²) in [6, 6.07) is 6.29. The first-order valence-corrected chi connectivity index (χ1v) is 7.40. The van der Waals surface area contributed by atoms with E-state index in [0.717, 1.165) is 18.4 Å². The number of likely N-dealkylation sites (tertiary alicyclic amines) is 1. The summed E-state index contributed by atoms with van der Waals surface area (Å²) in [5.74, 6) is -0.641. The number of benzene rings is 1. The van der Waals surface area contributed by atoms with Crippen LogP contribution in [0.25, 0.3) is 0 Å². The highest BCUT2D eigenvalue weighted by molar-refractivity contribution is 5.89. The van der Waals surface area contributed by atoms with Crippen molar-refractivity contribution < 1.29 is 14.0 Å². The van der Waals surface area contributed by atoms with Crippen LogP contribution in [0.3, 0.4) is 0 Å². The van der Waals surface area contributed by atoms with Crippen molar-refractivity contribution in [3.05, 3.63) is 35.6 Å². The van der Waals surface area contributed by atoms with E-state index < -0.39 is 0 Å². The van der Waals surface area contributed by atoms with Crippen LogP contribution in [0.2, 0.25) is 0 Å². The van der Waals surface area contributed by atoms with Crippen LogP contribution in [0.1, 0.15) is 37.8 Å². The molecule has 2 atom stereocenters. The molecule has 0 aromatic heterocycles. The molecule has 3 rings (SSSR count). The monoisotopic (exact) mass is 290 g/mol. The molecule has 21 heavy (non-hydrogen) atoms. The summed E-state index contributed by atoms with van der Waals surface area (Å²) < 4.78 is 13.2. The number of hydrogen-bond acceptors (Lipinski definition) is 2. The number of hydrogen-bond donors (Lipinski definition) is 1. The molecule has 0 unspecified atom stereocenters. The maximum absolute atomic E-state index is 13.2. The molecule has 112 valence electrons. The highest BCUT2D eigenvalue weighted by Gasteiger charge is 2.41. The van der Waals surface area contributed by atoms with Crippen molar-refractivity contribution in [2.75, 3.05) is 6.54 Å². The first kappa shape index (κ1) is 14.0. The maximum Gasteiger partial charge on any atom is 0.225 e. The maximum atomic E-state index is 13.2. The van der Waals surface area contributed by atoms with Crippen LogP contribution in [0.15, 0.2) is 24.3 Å². The minimum atomic E-state index is -0.315. The molecule has 1 aromatic carbocycles. The molecule has 1 aromatic rings. The zero-order valence-corrected chi connectivity index (χ0v) is 12.0. The second kappa shape index (κ2) is 5.47. The van der Waals surface area contributed by atoms with Crippen LogP contribution in [0.5, 0.6) is 0 Å². The van der Waals surface area contributed by atoms with E-state index in [2.05, 4.69) is 5.32 Å². The van der Waals surface area contributed by atoms with Gasteiger partial charge in [0.2, 0.25) is 11.8 Å². The summed E-state index contributed by atoms with van der Waals surface area (Å²) in [6.07, 6.45) is 2.40. The third-order valence-electron chi connectivity index (χ3n) is 4.22. The Morgan fingerprint density at radius 1 is 1.43 bits per heavy atom. The van der Waals surface area contributed by atoms with E-state index in [1.54, 1.807) is 12.1 Å². The Balaban J connectivity index is 1.60. The number of halogens is 1.